The highest BCUT2D eigenvalue weighted by molar-refractivity contribution is 7.80. The Labute approximate surface area is 136 Å². The second-order valence-corrected chi connectivity index (χ2v) is 5.46. The Balaban J connectivity index is 2.11. The van der Waals surface area contributed by atoms with Crippen molar-refractivity contribution in [1.29, 1.82) is 0 Å². The minimum absolute atomic E-state index is 0.185. The summed E-state index contributed by atoms with van der Waals surface area (Å²) in [7, 11) is 0. The molecular formula is C15H12ClF3N2S. The molecule has 0 bridgehead atoms. The fourth-order valence-electron chi connectivity index (χ4n) is 1.79. The van der Waals surface area contributed by atoms with Gasteiger partial charge in [0.1, 0.15) is 0 Å². The molecule has 2 aromatic carbocycles. The Bertz CT molecular complexity index is 701. The number of anilines is 2. The Kier molecular flexibility index (Phi) is 4.93. The van der Waals surface area contributed by atoms with E-state index in [1.165, 1.54) is 12.1 Å². The summed E-state index contributed by atoms with van der Waals surface area (Å²) in [6, 6.07) is 10.1. The van der Waals surface area contributed by atoms with Crippen molar-refractivity contribution in [3.8, 4) is 0 Å². The summed E-state index contributed by atoms with van der Waals surface area (Å²) in [5, 5.41) is 6.36. The van der Waals surface area contributed by atoms with Gasteiger partial charge in [-0.2, -0.15) is 13.2 Å². The largest absolute Gasteiger partial charge is 0.416 e. The van der Waals surface area contributed by atoms with Crippen molar-refractivity contribution in [3.63, 3.8) is 0 Å². The molecule has 0 unspecified atom stereocenters. The molecule has 0 fully saturated rings. The van der Waals surface area contributed by atoms with E-state index in [0.29, 0.717) is 10.7 Å². The van der Waals surface area contributed by atoms with E-state index in [2.05, 4.69) is 10.6 Å². The van der Waals surface area contributed by atoms with Gasteiger partial charge in [0.05, 0.1) is 5.56 Å². The van der Waals surface area contributed by atoms with Gasteiger partial charge in [-0.3, -0.25) is 0 Å². The molecule has 0 atom stereocenters. The van der Waals surface area contributed by atoms with Crippen LogP contribution < -0.4 is 10.6 Å². The third-order valence-electron chi connectivity index (χ3n) is 2.90. The first kappa shape index (κ1) is 16.6. The molecule has 22 heavy (non-hydrogen) atoms. The molecular weight excluding hydrogens is 333 g/mol. The molecule has 2 nitrogen and oxygen atoms in total. The van der Waals surface area contributed by atoms with Gasteiger partial charge < -0.3 is 10.6 Å². The highest BCUT2D eigenvalue weighted by atomic mass is 35.5. The normalized spacial score (nSPS) is 11.1. The summed E-state index contributed by atoms with van der Waals surface area (Å²) in [5.41, 5.74) is 1.13. The minimum atomic E-state index is -4.39. The van der Waals surface area contributed by atoms with Gasteiger partial charge in [-0.1, -0.05) is 23.7 Å². The number of rotatable bonds is 2. The fraction of sp³-hybridized carbons (Fsp3) is 0.133. The number of hydrogen-bond acceptors (Lipinski definition) is 1. The smallest absolute Gasteiger partial charge is 0.332 e. The van der Waals surface area contributed by atoms with E-state index in [1.807, 2.05) is 13.0 Å². The number of nitrogens with one attached hydrogen (secondary N) is 2. The molecule has 0 spiro atoms. The van der Waals surface area contributed by atoms with Gasteiger partial charge in [-0.05, 0) is 55.0 Å². The Morgan fingerprint density at radius 3 is 2.50 bits per heavy atom. The summed E-state index contributed by atoms with van der Waals surface area (Å²) in [5.74, 6) is 0. The van der Waals surface area contributed by atoms with Crippen LogP contribution >= 0.6 is 23.8 Å². The van der Waals surface area contributed by atoms with Gasteiger partial charge in [-0.25, -0.2) is 0 Å². The zero-order chi connectivity index (χ0) is 16.3. The number of halogens is 4. The van der Waals surface area contributed by atoms with Crippen molar-refractivity contribution in [1.82, 2.24) is 0 Å². The molecule has 2 aromatic rings. The predicted molar refractivity (Wildman–Crippen MR) is 87.5 cm³/mol. The highest BCUT2D eigenvalue weighted by Crippen LogP contribution is 2.30. The van der Waals surface area contributed by atoms with E-state index < -0.39 is 11.7 Å². The van der Waals surface area contributed by atoms with Gasteiger partial charge in [0.15, 0.2) is 5.11 Å². The third kappa shape index (κ3) is 4.35. The zero-order valence-corrected chi connectivity index (χ0v) is 13.0. The molecule has 0 aliphatic carbocycles. The maximum absolute atomic E-state index is 12.7. The summed E-state index contributed by atoms with van der Waals surface area (Å²) in [6.07, 6.45) is -4.39. The maximum Gasteiger partial charge on any atom is 0.416 e. The second kappa shape index (κ2) is 6.54. The topological polar surface area (TPSA) is 24.1 Å². The van der Waals surface area contributed by atoms with Crippen molar-refractivity contribution in [2.24, 2.45) is 0 Å². The summed E-state index contributed by atoms with van der Waals surface area (Å²) < 4.78 is 38.0. The molecule has 2 N–H and O–H groups in total. The minimum Gasteiger partial charge on any atom is -0.332 e. The van der Waals surface area contributed by atoms with Crippen LogP contribution in [0.4, 0.5) is 24.5 Å². The molecule has 0 amide bonds. The standard InChI is InChI=1S/C15H12ClF3N2S/c1-9-5-6-11(16)8-13(9)21-14(22)20-12-4-2-3-10(7-12)15(17,18)19/h2-8H,1H3,(H2,20,21,22). The predicted octanol–water partition coefficient (Wildman–Crippen LogP) is 5.48. The molecule has 0 heterocycles. The Morgan fingerprint density at radius 2 is 1.82 bits per heavy atom. The number of alkyl halides is 3. The lowest BCUT2D eigenvalue weighted by Crippen LogP contribution is -2.20. The molecule has 0 aromatic heterocycles. The summed E-state index contributed by atoms with van der Waals surface area (Å²) >= 11 is 11.0. The molecule has 0 aliphatic heterocycles. The highest BCUT2D eigenvalue weighted by Gasteiger charge is 2.30. The van der Waals surface area contributed by atoms with Gasteiger partial charge in [0.25, 0.3) is 0 Å². The first-order valence-corrected chi connectivity index (χ1v) is 7.06. The summed E-state index contributed by atoms with van der Waals surface area (Å²) in [4.78, 5) is 0. The lowest BCUT2D eigenvalue weighted by atomic mass is 10.2. The van der Waals surface area contributed by atoms with Crippen molar-refractivity contribution in [2.45, 2.75) is 13.1 Å². The average Bonchev–Trinajstić information content (AvgIpc) is 2.42. The molecule has 0 saturated heterocycles. The summed E-state index contributed by atoms with van der Waals surface area (Å²) in [6.45, 7) is 1.87. The molecule has 0 radical (unpaired) electrons. The van der Waals surface area contributed by atoms with E-state index in [-0.39, 0.29) is 10.8 Å². The van der Waals surface area contributed by atoms with Crippen LogP contribution in [0.25, 0.3) is 0 Å². The lowest BCUT2D eigenvalue weighted by molar-refractivity contribution is -0.137. The Hall–Kier alpha value is -1.79. The SMILES string of the molecule is Cc1ccc(Cl)cc1NC(=S)Nc1cccc(C(F)(F)F)c1. The molecule has 0 aliphatic rings. The van der Waals surface area contributed by atoms with Gasteiger partial charge in [-0.15, -0.1) is 0 Å². The lowest BCUT2D eigenvalue weighted by Gasteiger charge is -2.14. The van der Waals surface area contributed by atoms with Crippen LogP contribution in [0, 0.1) is 6.92 Å². The van der Waals surface area contributed by atoms with Crippen LogP contribution in [0.1, 0.15) is 11.1 Å². The first-order valence-electron chi connectivity index (χ1n) is 6.27. The second-order valence-electron chi connectivity index (χ2n) is 4.62. The average molecular weight is 345 g/mol. The van der Waals surface area contributed by atoms with Crippen LogP contribution in [0.3, 0.4) is 0 Å². The zero-order valence-electron chi connectivity index (χ0n) is 11.5. The molecule has 7 heteroatoms. The van der Waals surface area contributed by atoms with Crippen LogP contribution in [0.15, 0.2) is 42.5 Å². The third-order valence-corrected chi connectivity index (χ3v) is 3.33. The monoisotopic (exact) mass is 344 g/mol. The van der Waals surface area contributed by atoms with Crippen molar-refractivity contribution in [2.75, 3.05) is 10.6 Å². The van der Waals surface area contributed by atoms with E-state index in [0.717, 1.165) is 17.7 Å². The number of aryl methyl sites for hydroxylation is 1. The van der Waals surface area contributed by atoms with Crippen molar-refractivity contribution >= 4 is 40.3 Å². The molecule has 0 saturated carbocycles. The van der Waals surface area contributed by atoms with E-state index in [1.54, 1.807) is 12.1 Å². The number of benzene rings is 2. The maximum atomic E-state index is 12.7. The Morgan fingerprint density at radius 1 is 1.09 bits per heavy atom. The van der Waals surface area contributed by atoms with E-state index in [4.69, 9.17) is 23.8 Å². The van der Waals surface area contributed by atoms with Crippen molar-refractivity contribution in [3.05, 3.63) is 58.6 Å². The van der Waals surface area contributed by atoms with Gasteiger partial charge >= 0.3 is 6.18 Å². The number of thiocarbonyl (C=S) groups is 1. The van der Waals surface area contributed by atoms with E-state index in [9.17, 15) is 13.2 Å². The van der Waals surface area contributed by atoms with Crippen LogP contribution in [-0.2, 0) is 6.18 Å². The number of hydrogen-bond donors (Lipinski definition) is 2. The van der Waals surface area contributed by atoms with Crippen LogP contribution in [0.2, 0.25) is 5.02 Å². The van der Waals surface area contributed by atoms with Crippen molar-refractivity contribution < 1.29 is 13.2 Å². The van der Waals surface area contributed by atoms with E-state index >= 15 is 0 Å². The quantitative estimate of drug-likeness (QED) is 0.706. The van der Waals surface area contributed by atoms with Crippen LogP contribution in [0.5, 0.6) is 0 Å². The van der Waals surface area contributed by atoms with Crippen LogP contribution in [-0.4, -0.2) is 5.11 Å². The molecule has 116 valence electrons. The fourth-order valence-corrected chi connectivity index (χ4v) is 2.19. The van der Waals surface area contributed by atoms with Gasteiger partial charge in [0, 0.05) is 16.4 Å². The molecule has 2 rings (SSSR count). The first-order chi connectivity index (χ1) is 10.3. The van der Waals surface area contributed by atoms with Gasteiger partial charge in [0.2, 0.25) is 0 Å².